The molecule has 0 fully saturated rings. The number of phosphoric acid groups is 1. The van der Waals surface area contributed by atoms with Gasteiger partial charge >= 0.3 is 37.7 Å². The van der Waals surface area contributed by atoms with Crippen LogP contribution in [-0.2, 0) is 16.9 Å². The fraction of sp³-hybridized carbons (Fsp3) is 0.333. The summed E-state index contributed by atoms with van der Waals surface area (Å²) >= 11 is 0. The van der Waals surface area contributed by atoms with Crippen molar-refractivity contribution in [2.75, 3.05) is 28.4 Å². The summed E-state index contributed by atoms with van der Waals surface area (Å²) in [4.78, 5) is 21.8. The van der Waals surface area contributed by atoms with Crippen molar-refractivity contribution < 1.29 is 46.6 Å². The summed E-state index contributed by atoms with van der Waals surface area (Å²) in [6, 6.07) is 5.77. The summed E-state index contributed by atoms with van der Waals surface area (Å²) in [6.45, 7) is 0. The van der Waals surface area contributed by atoms with Crippen molar-refractivity contribution in [3.05, 3.63) is 41.5 Å². The van der Waals surface area contributed by atoms with Crippen molar-refractivity contribution in [3.63, 3.8) is 0 Å². The van der Waals surface area contributed by atoms with Gasteiger partial charge in [0.05, 0.1) is 28.4 Å². The Morgan fingerprint density at radius 1 is 0.867 bits per heavy atom. The molecule has 2 rings (SSSR count). The van der Waals surface area contributed by atoms with Crippen molar-refractivity contribution >= 4 is 45.6 Å². The van der Waals surface area contributed by atoms with E-state index in [9.17, 15) is 23.1 Å². The molecule has 0 bridgehead atoms. The summed E-state index contributed by atoms with van der Waals surface area (Å²) in [5, 5.41) is 0. The van der Waals surface area contributed by atoms with E-state index in [1.165, 1.54) is 40.6 Å². The molecule has 0 aliphatic carbocycles. The molecule has 160 valence electrons. The zero-order chi connectivity index (χ0) is 21.8. The Kier molecular flexibility index (Phi) is 9.66. The van der Waals surface area contributed by atoms with E-state index in [0.29, 0.717) is 0 Å². The largest absolute Gasteiger partial charge is 2.00 e. The smallest absolute Gasteiger partial charge is 0.780 e. The monoisotopic (exact) mass is 472 g/mol. The van der Waals surface area contributed by atoms with Gasteiger partial charge in [-0.05, 0) is 29.8 Å². The van der Waals surface area contributed by atoms with Crippen LogP contribution in [0.3, 0.4) is 0 Å². The quantitative estimate of drug-likeness (QED) is 0.402. The van der Waals surface area contributed by atoms with E-state index in [1.807, 2.05) is 0 Å². The standard InChI is InChI=1S/C18H21F2O8P.Ca/c1-24-13-6-5-11(7-14(13)28-29(21,22)23)10-18(19,20)12-8-15(25-2)17(27-4)16(9-12)26-3;/h5-9H,10H2,1-4H3,(H2,21,22,23);/q;+2/p-2. The molecule has 0 saturated carbocycles. The van der Waals surface area contributed by atoms with Crippen molar-refractivity contribution in [2.24, 2.45) is 0 Å². The van der Waals surface area contributed by atoms with E-state index in [0.717, 1.165) is 18.2 Å². The summed E-state index contributed by atoms with van der Waals surface area (Å²) in [5.74, 6) is -3.69. The van der Waals surface area contributed by atoms with Gasteiger partial charge < -0.3 is 37.8 Å². The number of hydrogen-bond donors (Lipinski definition) is 0. The molecule has 8 nitrogen and oxygen atoms in total. The molecule has 30 heavy (non-hydrogen) atoms. The number of rotatable bonds is 9. The van der Waals surface area contributed by atoms with Gasteiger partial charge in [-0.25, -0.2) is 8.78 Å². The third-order valence-electron chi connectivity index (χ3n) is 3.95. The first-order valence-electron chi connectivity index (χ1n) is 8.11. The van der Waals surface area contributed by atoms with Crippen LogP contribution in [0.4, 0.5) is 8.78 Å². The van der Waals surface area contributed by atoms with Crippen LogP contribution in [0.15, 0.2) is 30.3 Å². The van der Waals surface area contributed by atoms with E-state index in [1.54, 1.807) is 0 Å². The van der Waals surface area contributed by atoms with E-state index in [-0.39, 0.29) is 66.3 Å². The first-order valence-corrected chi connectivity index (χ1v) is 9.57. The van der Waals surface area contributed by atoms with Crippen LogP contribution in [0.1, 0.15) is 11.1 Å². The number of benzene rings is 2. The zero-order valence-corrected chi connectivity index (χ0v) is 19.9. The number of halogens is 2. The molecule has 0 heterocycles. The van der Waals surface area contributed by atoms with Crippen molar-refractivity contribution in [1.82, 2.24) is 0 Å². The van der Waals surface area contributed by atoms with Crippen LogP contribution in [0, 0.1) is 0 Å². The number of methoxy groups -OCH3 is 4. The molecule has 0 saturated heterocycles. The molecule has 0 aromatic heterocycles. The first kappa shape index (κ1) is 26.7. The Bertz CT molecular complexity index is 894. The van der Waals surface area contributed by atoms with Gasteiger partial charge in [-0.15, -0.1) is 0 Å². The second kappa shape index (κ2) is 10.8. The summed E-state index contributed by atoms with van der Waals surface area (Å²) in [7, 11) is -0.234. The molecule has 0 amide bonds. The molecular weight excluding hydrogens is 453 g/mol. The number of hydrogen-bond acceptors (Lipinski definition) is 8. The maximum atomic E-state index is 15.0. The van der Waals surface area contributed by atoms with Gasteiger partial charge in [0.1, 0.15) is 7.82 Å². The molecule has 0 unspecified atom stereocenters. The molecule has 0 radical (unpaired) electrons. The summed E-state index contributed by atoms with van der Waals surface area (Å²) in [6.07, 6.45) is -0.825. The van der Waals surface area contributed by atoms with Crippen molar-refractivity contribution in [1.29, 1.82) is 0 Å². The van der Waals surface area contributed by atoms with E-state index < -0.39 is 31.5 Å². The maximum absolute atomic E-state index is 15.0. The molecule has 0 aliphatic rings. The Balaban J connectivity index is 0.00000450. The second-order valence-corrected chi connectivity index (χ2v) is 6.90. The zero-order valence-electron chi connectivity index (χ0n) is 16.8. The van der Waals surface area contributed by atoms with Crippen LogP contribution in [-0.4, -0.2) is 66.2 Å². The molecule has 2 aromatic rings. The average molecular weight is 472 g/mol. The van der Waals surface area contributed by atoms with Crippen LogP contribution >= 0.6 is 7.82 Å². The molecule has 0 N–H and O–H groups in total. The van der Waals surface area contributed by atoms with Gasteiger partial charge in [-0.1, -0.05) is 6.07 Å². The Morgan fingerprint density at radius 2 is 1.40 bits per heavy atom. The van der Waals surface area contributed by atoms with E-state index >= 15 is 0 Å². The molecule has 0 aliphatic heterocycles. The molecule has 12 heteroatoms. The average Bonchev–Trinajstić information content (AvgIpc) is 2.65. The number of phosphoric ester groups is 1. The number of ether oxygens (including phenoxy) is 4. The minimum absolute atomic E-state index is 0. The van der Waals surface area contributed by atoms with Gasteiger partial charge in [-0.2, -0.15) is 0 Å². The topological polar surface area (TPSA) is 109 Å². The summed E-state index contributed by atoms with van der Waals surface area (Å²) in [5.41, 5.74) is -0.406. The molecule has 0 atom stereocenters. The Hall–Kier alpha value is -1.29. The maximum Gasteiger partial charge on any atom is 2.00 e. The normalized spacial score (nSPS) is 11.3. The van der Waals surface area contributed by atoms with Gasteiger partial charge in [-0.3, -0.25) is 0 Å². The van der Waals surface area contributed by atoms with Crippen molar-refractivity contribution in [2.45, 2.75) is 12.3 Å². The predicted molar refractivity (Wildman–Crippen MR) is 101 cm³/mol. The Morgan fingerprint density at radius 3 is 1.83 bits per heavy atom. The van der Waals surface area contributed by atoms with Crippen LogP contribution in [0.5, 0.6) is 28.7 Å². The third-order valence-corrected chi connectivity index (χ3v) is 4.37. The minimum atomic E-state index is -5.40. The predicted octanol–water partition coefficient (Wildman–Crippen LogP) is 1.88. The van der Waals surface area contributed by atoms with Crippen LogP contribution < -0.4 is 33.3 Å². The van der Waals surface area contributed by atoms with Crippen LogP contribution in [0.25, 0.3) is 0 Å². The van der Waals surface area contributed by atoms with Crippen molar-refractivity contribution in [3.8, 4) is 28.7 Å². The van der Waals surface area contributed by atoms with E-state index in [2.05, 4.69) is 4.52 Å². The van der Waals surface area contributed by atoms with Gasteiger partial charge in [0.25, 0.3) is 5.92 Å². The Labute approximate surface area is 202 Å². The van der Waals surface area contributed by atoms with Crippen LogP contribution in [0.2, 0.25) is 0 Å². The van der Waals surface area contributed by atoms with Gasteiger partial charge in [0.2, 0.25) is 5.75 Å². The molecule has 0 spiro atoms. The van der Waals surface area contributed by atoms with Gasteiger partial charge in [0, 0.05) is 12.0 Å². The minimum Gasteiger partial charge on any atom is -0.780 e. The fourth-order valence-corrected chi connectivity index (χ4v) is 3.06. The summed E-state index contributed by atoms with van der Waals surface area (Å²) < 4.78 is 65.3. The number of alkyl halides is 2. The van der Waals surface area contributed by atoms with E-state index in [4.69, 9.17) is 18.9 Å². The SMILES string of the molecule is COc1ccc(CC(F)(F)c2cc(OC)c(OC)c(OC)c2)cc1OP(=O)([O-])[O-].[Ca+2]. The second-order valence-electron chi connectivity index (χ2n) is 5.82. The molecular formula is C18H19CaF2O8P. The first-order chi connectivity index (χ1) is 13.5. The molecule has 2 aromatic carbocycles. The van der Waals surface area contributed by atoms with Gasteiger partial charge in [0.15, 0.2) is 23.0 Å². The fourth-order valence-electron chi connectivity index (χ4n) is 2.67. The third kappa shape index (κ3) is 6.60.